The highest BCUT2D eigenvalue weighted by Crippen LogP contribution is 2.32. The van der Waals surface area contributed by atoms with E-state index in [1.807, 2.05) is 46.9 Å². The molecule has 0 aliphatic rings. The molecule has 0 saturated heterocycles. The van der Waals surface area contributed by atoms with Gasteiger partial charge in [0.1, 0.15) is 78.9 Å². The molecule has 0 aromatic heterocycles. The molecule has 0 heterocycles. The lowest BCUT2D eigenvalue weighted by Crippen LogP contribution is -2.55. The number of carboxylic acid groups (broad SMARTS) is 3. The molecule has 0 rings (SSSR count). The molecular weight excluding hydrogens is 2480 g/mol. The van der Waals surface area contributed by atoms with Crippen molar-refractivity contribution in [2.45, 2.75) is 425 Å². The van der Waals surface area contributed by atoms with Crippen LogP contribution in [0, 0.1) is 22.7 Å². The fraction of sp³-hybridized carbons (Fsp3) is 0.817. The molecule has 5 atom stereocenters. The summed E-state index contributed by atoms with van der Waals surface area (Å²) in [7, 11) is -10.1. The smallest absolute Gasteiger partial charge is 0.519 e. The number of allylic oxidation sites excluding steroid dienone is 1. The number of esters is 5. The van der Waals surface area contributed by atoms with Gasteiger partial charge in [0.2, 0.25) is 8.32 Å². The van der Waals surface area contributed by atoms with Crippen molar-refractivity contribution in [3.05, 3.63) is 50.6 Å². The predicted octanol–water partition coefficient (Wildman–Crippen LogP) is 27.1. The van der Waals surface area contributed by atoms with Gasteiger partial charge in [0, 0.05) is 28.1 Å². The number of methoxy groups -OCH3 is 1. The molecule has 0 saturated carbocycles. The maximum atomic E-state index is 12.1. The van der Waals surface area contributed by atoms with Crippen LogP contribution in [0.15, 0.2) is 50.6 Å². The Morgan fingerprint density at radius 3 is 0.972 bits per heavy atom. The van der Waals surface area contributed by atoms with E-state index in [4.69, 9.17) is 129 Å². The summed E-state index contributed by atoms with van der Waals surface area (Å²) in [6.07, 6.45) is 33.2. The molecule has 0 aromatic rings. The predicted molar refractivity (Wildman–Crippen MR) is 645 cm³/mol. The van der Waals surface area contributed by atoms with E-state index in [0.717, 1.165) is 51.0 Å². The molecule has 5 N–H and O–H groups in total. The number of carboxylic acids is 3. The van der Waals surface area contributed by atoms with Crippen LogP contribution in [-0.4, -0.2) is 241 Å². The standard InChI is InChI=1S/C21H40O2.C15H29BrO4Si.C10H17BrO4.C10H21BrO2Si.C7H14BrClO2Si.C7H11BrO2.C6H19NSi2.C5H10.C3H4O2.3C2H7ClSi.CH4O.2CH4.ClH.4O2Si/c1-3-5-6-7-8-9-10-11-12-13-14-15-16-17-18-19-20-23-21(22)4-2;1-8-21(6,7)20-14(18)12(16)9-11(13(17)19-5)10-15(2,3)4;1-10(2,3)5-6(8(12)13)4-7(11)9(14)15;1-5-14(4)8-6-7-13-9(12)10(2,3)11;1-7(2,8)6(10)11-4-3-5-12-9;1-4-5-10-6(9)7(2,3)8;1-8(2,3)7-9(4,5)6;1-3-5-4-2;1-2-3(4)5;3*1-4(2)3;1-2;;;;4*1-3-2/h4H,2-3,5-20H2,1H3;11-12H,8-10H2,1-7H3;6-7H,4-5H2,1-3H3,(H,12,13)(H,14,15);14H,5-8H2,1-4H3;3-5,12H2,1-2H3;4H,1,5H2,2-3H3;7H,1-6H3;3H,1,4-5H2,2H3;2H,1H2,(H,4,5);3*4H,1-2H3;2H,1H3;2*1H4;1H;;;;. The molecule has 0 radical (unpaired) electrons. The first-order valence-electron chi connectivity index (χ1n) is 47.1. The van der Waals surface area contributed by atoms with Gasteiger partial charge in [0.15, 0.2) is 0 Å². The van der Waals surface area contributed by atoms with Crippen LogP contribution < -0.4 is 4.65 Å². The number of rotatable bonds is 49. The molecule has 0 aliphatic carbocycles. The zero-order valence-electron chi connectivity index (χ0n) is 92.1. The number of carbonyl (C=O) groups is 9. The average Bonchev–Trinajstić information content (AvgIpc) is 0.848. The van der Waals surface area contributed by atoms with Crippen LogP contribution in [0.2, 0.25) is 122 Å². The molecule has 0 aliphatic heterocycles. The largest absolute Gasteiger partial charge is 0.549 e. The van der Waals surface area contributed by atoms with Crippen LogP contribution in [0.25, 0.3) is 0 Å². The second-order valence-electron chi connectivity index (χ2n) is 38.0. The molecule has 28 nitrogen and oxygen atoms in total. The van der Waals surface area contributed by atoms with Crippen molar-refractivity contribution in [2.24, 2.45) is 22.7 Å². The van der Waals surface area contributed by atoms with Gasteiger partial charge in [-0.15, -0.1) is 19.0 Å². The average molecular weight is 2680 g/mol. The van der Waals surface area contributed by atoms with E-state index in [-0.39, 0.29) is 92.9 Å². The van der Waals surface area contributed by atoms with E-state index in [0.29, 0.717) is 39.1 Å². The number of alkyl halides is 5. The minimum absolute atomic E-state index is 0. The van der Waals surface area contributed by atoms with E-state index < -0.39 is 150 Å². The number of aliphatic hydroxyl groups excluding tert-OH is 1. The van der Waals surface area contributed by atoms with E-state index in [2.05, 4.69) is 237 Å². The lowest BCUT2D eigenvalue weighted by molar-refractivity contribution is -0.148. The van der Waals surface area contributed by atoms with E-state index >= 15 is 0 Å². The second-order valence-corrected chi connectivity index (χ2v) is 81.0. The van der Waals surface area contributed by atoms with Crippen molar-refractivity contribution in [1.82, 2.24) is 4.65 Å². The summed E-state index contributed by atoms with van der Waals surface area (Å²) in [6, 6.07) is 4.50. The Balaban J connectivity index is -0.0000000653. The summed E-state index contributed by atoms with van der Waals surface area (Å²) < 4.78 is 99.5. The van der Waals surface area contributed by atoms with E-state index in [1.54, 1.807) is 41.5 Å². The minimum atomic E-state index is -1.93. The number of aliphatic hydroxyl groups is 1. The molecule has 0 aromatic carbocycles. The molecule has 0 spiro atoms. The maximum absolute atomic E-state index is 12.1. The summed E-state index contributed by atoms with van der Waals surface area (Å²) in [5.41, 5.74) is -0.124. The fourth-order valence-corrected chi connectivity index (χ4v) is 22.9. The van der Waals surface area contributed by atoms with Gasteiger partial charge in [-0.2, -0.15) is 44.3 Å². The maximum Gasteiger partial charge on any atom is 0.549 e. The molecule has 5 unspecified atom stereocenters. The van der Waals surface area contributed by atoms with Gasteiger partial charge in [-0.1, -0.05) is 396 Å². The first-order chi connectivity index (χ1) is 63.9. The monoisotopic (exact) mass is 2670 g/mol. The van der Waals surface area contributed by atoms with Gasteiger partial charge in [0.05, 0.1) is 38.8 Å². The van der Waals surface area contributed by atoms with Gasteiger partial charge in [0.25, 0.3) is 0 Å². The number of hydrogen-bond donors (Lipinski definition) is 5. The Morgan fingerprint density at radius 1 is 0.455 bits per heavy atom. The van der Waals surface area contributed by atoms with Crippen LogP contribution in [0.3, 0.4) is 0 Å². The SMILES string of the molecule is C.C.C=CC(=O)O.C=CC(=O)OCCCCCCCCCCCCCCCCCC.C=CCCC.C=CCOC(=O)C(C)(C)Br.CC(C)(Br)C(=O)OCCC[SiH2]Cl.CC(C)(C)CC(CC(Br)C(=O)O)C(=O)O.CC[SiH](C)CCCOC(=O)C(C)(C)Br.CC[Si](C)(C)OC(=O)C(Br)CC(CC(C)(C)C)C(=O)OC.CO.C[SiH](C)Cl.C[SiH](C)Cl.C[SiH](C)Cl.C[Si](C)(C)N[Si](C)(C)C.Cl.O=[Si]=O.O=[Si]=O.O=[Si]=O.O=[Si]=O. The van der Waals surface area contributed by atoms with Gasteiger partial charge in [-0.3, -0.25) is 69.3 Å². The first kappa shape index (κ1) is 190. The third-order valence-electron chi connectivity index (χ3n) is 15.5. The number of carbonyl (C=O) groups excluding carboxylic acids is 6. The lowest BCUT2D eigenvalue weighted by atomic mass is 9.82. The fourth-order valence-electron chi connectivity index (χ4n) is 9.31. The molecular formula is C93H199Br5Cl5NO27Si12. The zero-order chi connectivity index (χ0) is 115. The third kappa shape index (κ3) is 221. The molecule has 0 amide bonds. The highest BCUT2D eigenvalue weighted by atomic mass is 79.9. The Morgan fingerprint density at radius 2 is 0.748 bits per heavy atom. The van der Waals surface area contributed by atoms with Crippen LogP contribution >= 0.6 is 136 Å². The summed E-state index contributed by atoms with van der Waals surface area (Å²) in [5, 5.41) is 32.2. The number of unbranched alkanes of at least 4 members (excludes halogenated alkanes) is 16. The van der Waals surface area contributed by atoms with Crippen LogP contribution in [0.1, 0.15) is 280 Å². The molecule has 50 heteroatoms. The summed E-state index contributed by atoms with van der Waals surface area (Å²) in [4.78, 5) is 97.7. The minimum Gasteiger partial charge on any atom is -0.519 e. The summed E-state index contributed by atoms with van der Waals surface area (Å²) in [6.45, 7) is 79.4. The number of nitrogens with one attached hydrogen (secondary N) is 1. The second kappa shape index (κ2) is 130. The van der Waals surface area contributed by atoms with Crippen molar-refractivity contribution in [1.29, 1.82) is 0 Å². The van der Waals surface area contributed by atoms with Gasteiger partial charge in [-0.05, 0) is 129 Å². The number of ether oxygens (including phenoxy) is 5. The first-order valence-corrected chi connectivity index (χ1v) is 82.8. The van der Waals surface area contributed by atoms with Crippen molar-refractivity contribution in [2.75, 3.05) is 40.6 Å². The Kier molecular flexibility index (Phi) is 172. The van der Waals surface area contributed by atoms with Crippen molar-refractivity contribution < 1.29 is 127 Å². The van der Waals surface area contributed by atoms with Crippen LogP contribution in [0.4, 0.5) is 0 Å². The van der Waals surface area contributed by atoms with Crippen molar-refractivity contribution in [3.63, 3.8) is 0 Å². The Labute approximate surface area is 955 Å². The van der Waals surface area contributed by atoms with Crippen molar-refractivity contribution >= 4 is 294 Å². The molecule has 0 bridgehead atoms. The van der Waals surface area contributed by atoms with E-state index in [1.165, 1.54) is 134 Å². The van der Waals surface area contributed by atoms with Gasteiger partial charge >= 0.3 is 90.9 Å². The van der Waals surface area contributed by atoms with Crippen molar-refractivity contribution in [3.8, 4) is 0 Å². The third-order valence-corrected chi connectivity index (χ3v) is 30.8. The lowest BCUT2D eigenvalue weighted by Gasteiger charge is -2.28. The van der Waals surface area contributed by atoms with Crippen LogP contribution in [0.5, 0.6) is 0 Å². The van der Waals surface area contributed by atoms with Crippen LogP contribution in [-0.2, 0) is 107 Å². The molecule has 856 valence electrons. The zero-order valence-corrected chi connectivity index (χ0v) is 117. The summed E-state index contributed by atoms with van der Waals surface area (Å²) >= 11 is 37.8. The number of halogens is 10. The number of aliphatic carboxylic acids is 3. The van der Waals surface area contributed by atoms with Gasteiger partial charge in [-0.25, -0.2) is 9.59 Å². The highest BCUT2D eigenvalue weighted by molar-refractivity contribution is 9.10. The number of hydrogen-bond acceptors (Lipinski definition) is 25. The highest BCUT2D eigenvalue weighted by Gasteiger charge is 2.35. The van der Waals surface area contributed by atoms with Gasteiger partial charge < -0.3 is 53.2 Å². The van der Waals surface area contributed by atoms with E-state index in [9.17, 15) is 43.2 Å². The molecule has 143 heavy (non-hydrogen) atoms. The summed E-state index contributed by atoms with van der Waals surface area (Å²) in [5.74, 6) is -5.34. The molecule has 0 fully saturated rings. The Hall–Kier alpha value is -1.04. The topological polar surface area (TPSA) is 439 Å². The normalized spacial score (nSPS) is 11.1. The Bertz CT molecular complexity index is 3070. The quantitative estimate of drug-likeness (QED) is 0.00552.